The van der Waals surface area contributed by atoms with Crippen LogP contribution in [0.4, 0.5) is 0 Å². The summed E-state index contributed by atoms with van der Waals surface area (Å²) in [6, 6.07) is 10.3. The Labute approximate surface area is 156 Å². The standard InChI is InChI=1S/C17H25N3O2.2ClH/c21-16-11-18-9-14(16)10-19-17(22)15-7-4-8-20(15)12-13-5-2-1-3-6-13;;/h1-3,5-6,14-16,18,21H,4,7-12H2,(H,19,22);2*1H. The molecule has 5 nitrogen and oxygen atoms in total. The number of β-amino-alcohol motifs (C(OH)–C–C–N with tert-alkyl or cyclic N) is 1. The second kappa shape index (κ2) is 10.2. The van der Waals surface area contributed by atoms with Crippen molar-refractivity contribution in [2.75, 3.05) is 26.2 Å². The SMILES string of the molecule is Cl.Cl.O=C(NCC1CNCC1O)C1CCCN1Cc1ccccc1. The van der Waals surface area contributed by atoms with Crippen molar-refractivity contribution in [3.8, 4) is 0 Å². The van der Waals surface area contributed by atoms with Gasteiger partial charge in [0.15, 0.2) is 0 Å². The lowest BCUT2D eigenvalue weighted by molar-refractivity contribution is -0.125. The van der Waals surface area contributed by atoms with Crippen molar-refractivity contribution in [3.05, 3.63) is 35.9 Å². The Hall–Kier alpha value is -0.850. The van der Waals surface area contributed by atoms with Crippen molar-refractivity contribution in [2.45, 2.75) is 31.5 Å². The summed E-state index contributed by atoms with van der Waals surface area (Å²) in [6.45, 7) is 3.76. The molecule has 2 aliphatic rings. The van der Waals surface area contributed by atoms with Gasteiger partial charge in [0.2, 0.25) is 5.91 Å². The molecule has 7 heteroatoms. The molecular weight excluding hydrogens is 349 g/mol. The van der Waals surface area contributed by atoms with E-state index in [-0.39, 0.29) is 48.8 Å². The topological polar surface area (TPSA) is 64.6 Å². The fraction of sp³-hybridized carbons (Fsp3) is 0.588. The third-order valence-corrected chi connectivity index (χ3v) is 4.74. The monoisotopic (exact) mass is 375 g/mol. The van der Waals surface area contributed by atoms with Crippen molar-refractivity contribution in [1.82, 2.24) is 15.5 Å². The number of carbonyl (C=O) groups is 1. The van der Waals surface area contributed by atoms with E-state index in [1.807, 2.05) is 18.2 Å². The molecule has 2 fully saturated rings. The van der Waals surface area contributed by atoms with Crippen molar-refractivity contribution in [2.24, 2.45) is 5.92 Å². The molecule has 3 N–H and O–H groups in total. The van der Waals surface area contributed by atoms with Gasteiger partial charge in [0.05, 0.1) is 12.1 Å². The zero-order valence-electron chi connectivity index (χ0n) is 13.7. The zero-order chi connectivity index (χ0) is 15.4. The minimum Gasteiger partial charge on any atom is -0.391 e. The molecule has 0 aromatic heterocycles. The van der Waals surface area contributed by atoms with Gasteiger partial charge < -0.3 is 15.7 Å². The first-order valence-corrected chi connectivity index (χ1v) is 8.18. The summed E-state index contributed by atoms with van der Waals surface area (Å²) in [5.41, 5.74) is 1.25. The van der Waals surface area contributed by atoms with Crippen LogP contribution in [-0.4, -0.2) is 54.2 Å². The smallest absolute Gasteiger partial charge is 0.237 e. The fourth-order valence-corrected chi connectivity index (χ4v) is 3.41. The summed E-state index contributed by atoms with van der Waals surface area (Å²) >= 11 is 0. The summed E-state index contributed by atoms with van der Waals surface area (Å²) < 4.78 is 0. The van der Waals surface area contributed by atoms with E-state index in [1.165, 1.54) is 5.56 Å². The summed E-state index contributed by atoms with van der Waals surface area (Å²) in [4.78, 5) is 14.7. The minimum atomic E-state index is -0.343. The van der Waals surface area contributed by atoms with Crippen LogP contribution in [0.1, 0.15) is 18.4 Å². The fourth-order valence-electron chi connectivity index (χ4n) is 3.41. The predicted octanol–water partition coefficient (Wildman–Crippen LogP) is 1.19. The molecular formula is C17H27Cl2N3O2. The molecule has 1 aromatic rings. The van der Waals surface area contributed by atoms with Crippen LogP contribution in [0, 0.1) is 5.92 Å². The van der Waals surface area contributed by atoms with E-state index >= 15 is 0 Å². The molecule has 3 atom stereocenters. The van der Waals surface area contributed by atoms with Crippen LogP contribution in [0.2, 0.25) is 0 Å². The zero-order valence-corrected chi connectivity index (χ0v) is 15.3. The number of halogens is 2. The van der Waals surface area contributed by atoms with Crippen LogP contribution in [0.5, 0.6) is 0 Å². The van der Waals surface area contributed by atoms with E-state index in [0.717, 1.165) is 32.5 Å². The van der Waals surface area contributed by atoms with Gasteiger partial charge in [0, 0.05) is 32.1 Å². The third-order valence-electron chi connectivity index (χ3n) is 4.74. The van der Waals surface area contributed by atoms with E-state index in [9.17, 15) is 9.90 Å². The third kappa shape index (κ3) is 5.33. The van der Waals surface area contributed by atoms with Gasteiger partial charge in [0.1, 0.15) is 0 Å². The minimum absolute atomic E-state index is 0. The number of carbonyl (C=O) groups excluding carboxylic acids is 1. The molecule has 2 heterocycles. The Morgan fingerprint density at radius 3 is 2.67 bits per heavy atom. The maximum atomic E-state index is 12.5. The van der Waals surface area contributed by atoms with Crippen LogP contribution in [0.25, 0.3) is 0 Å². The molecule has 3 rings (SSSR count). The second-order valence-electron chi connectivity index (χ2n) is 6.34. The maximum absolute atomic E-state index is 12.5. The molecule has 2 saturated heterocycles. The van der Waals surface area contributed by atoms with Crippen molar-refractivity contribution < 1.29 is 9.90 Å². The molecule has 136 valence electrons. The first-order valence-electron chi connectivity index (χ1n) is 8.18. The number of nitrogens with zero attached hydrogens (tertiary/aromatic N) is 1. The van der Waals surface area contributed by atoms with E-state index < -0.39 is 0 Å². The Balaban J connectivity index is 0.00000144. The lowest BCUT2D eigenvalue weighted by Gasteiger charge is -2.24. The summed E-state index contributed by atoms with van der Waals surface area (Å²) in [7, 11) is 0. The van der Waals surface area contributed by atoms with Gasteiger partial charge in [-0.25, -0.2) is 0 Å². The molecule has 0 aliphatic carbocycles. The number of hydrogen-bond donors (Lipinski definition) is 3. The van der Waals surface area contributed by atoms with Crippen LogP contribution < -0.4 is 10.6 Å². The number of aliphatic hydroxyl groups is 1. The largest absolute Gasteiger partial charge is 0.391 e. The van der Waals surface area contributed by atoms with E-state index in [4.69, 9.17) is 0 Å². The van der Waals surface area contributed by atoms with E-state index in [0.29, 0.717) is 13.1 Å². The molecule has 3 unspecified atom stereocenters. The van der Waals surface area contributed by atoms with Gasteiger partial charge >= 0.3 is 0 Å². The molecule has 2 aliphatic heterocycles. The highest BCUT2D eigenvalue weighted by atomic mass is 35.5. The number of benzene rings is 1. The molecule has 0 spiro atoms. The maximum Gasteiger partial charge on any atom is 0.237 e. The van der Waals surface area contributed by atoms with Crippen LogP contribution in [0.15, 0.2) is 30.3 Å². The van der Waals surface area contributed by atoms with Gasteiger partial charge in [0.25, 0.3) is 0 Å². The first kappa shape index (κ1) is 21.2. The Morgan fingerprint density at radius 2 is 2.00 bits per heavy atom. The van der Waals surface area contributed by atoms with Gasteiger partial charge in [-0.15, -0.1) is 24.8 Å². The van der Waals surface area contributed by atoms with Crippen molar-refractivity contribution in [3.63, 3.8) is 0 Å². The quantitative estimate of drug-likeness (QED) is 0.723. The van der Waals surface area contributed by atoms with Gasteiger partial charge in [-0.3, -0.25) is 9.69 Å². The Bertz CT molecular complexity index is 504. The molecule has 0 radical (unpaired) electrons. The van der Waals surface area contributed by atoms with Gasteiger partial charge in [-0.2, -0.15) is 0 Å². The van der Waals surface area contributed by atoms with E-state index in [1.54, 1.807) is 0 Å². The average molecular weight is 376 g/mol. The lowest BCUT2D eigenvalue weighted by Crippen LogP contribution is -2.45. The normalized spacial score (nSPS) is 26.5. The second-order valence-corrected chi connectivity index (χ2v) is 6.34. The van der Waals surface area contributed by atoms with Crippen LogP contribution >= 0.6 is 24.8 Å². The van der Waals surface area contributed by atoms with Gasteiger partial charge in [-0.05, 0) is 24.9 Å². The molecule has 0 saturated carbocycles. The Morgan fingerprint density at radius 1 is 1.25 bits per heavy atom. The van der Waals surface area contributed by atoms with Gasteiger partial charge in [-0.1, -0.05) is 30.3 Å². The number of likely N-dealkylation sites (tertiary alicyclic amines) is 1. The highest BCUT2D eigenvalue weighted by Crippen LogP contribution is 2.20. The number of hydrogen-bond acceptors (Lipinski definition) is 4. The highest BCUT2D eigenvalue weighted by molar-refractivity contribution is 5.85. The number of aliphatic hydroxyl groups excluding tert-OH is 1. The summed E-state index contributed by atoms with van der Waals surface area (Å²) in [5, 5.41) is 16.0. The van der Waals surface area contributed by atoms with Crippen molar-refractivity contribution >= 4 is 30.7 Å². The molecule has 0 bridgehead atoms. The number of amides is 1. The predicted molar refractivity (Wildman–Crippen MR) is 99.7 cm³/mol. The lowest BCUT2D eigenvalue weighted by atomic mass is 10.1. The Kier molecular flexibility index (Phi) is 9.02. The summed E-state index contributed by atoms with van der Waals surface area (Å²) in [5.74, 6) is 0.237. The highest BCUT2D eigenvalue weighted by Gasteiger charge is 2.32. The van der Waals surface area contributed by atoms with E-state index in [2.05, 4.69) is 27.7 Å². The van der Waals surface area contributed by atoms with Crippen molar-refractivity contribution in [1.29, 1.82) is 0 Å². The number of rotatable bonds is 5. The van der Waals surface area contributed by atoms with Crippen LogP contribution in [0.3, 0.4) is 0 Å². The average Bonchev–Trinajstić information content (AvgIpc) is 3.15. The summed E-state index contributed by atoms with van der Waals surface area (Å²) in [6.07, 6.45) is 1.65. The molecule has 24 heavy (non-hydrogen) atoms. The molecule has 1 amide bonds. The number of nitrogens with one attached hydrogen (secondary N) is 2. The first-order chi connectivity index (χ1) is 10.7. The van der Waals surface area contributed by atoms with Crippen LogP contribution in [-0.2, 0) is 11.3 Å². The molecule has 1 aromatic carbocycles.